The van der Waals surface area contributed by atoms with Gasteiger partial charge in [0.2, 0.25) is 0 Å². The van der Waals surface area contributed by atoms with E-state index in [1.54, 1.807) is 0 Å². The van der Waals surface area contributed by atoms with Crippen molar-refractivity contribution < 1.29 is 0 Å². The Morgan fingerprint density at radius 3 is 1.24 bits per heavy atom. The Morgan fingerprint density at radius 2 is 0.778 bits per heavy atom. The van der Waals surface area contributed by atoms with Crippen LogP contribution >= 0.6 is 15.9 Å². The maximum atomic E-state index is 3.99. The van der Waals surface area contributed by atoms with Crippen molar-refractivity contribution >= 4 is 54.8 Å². The number of anilines is 3. The van der Waals surface area contributed by atoms with Gasteiger partial charge in [-0.1, -0.05) is 121 Å². The van der Waals surface area contributed by atoms with Crippen LogP contribution in [0.15, 0.2) is 180 Å². The molecule has 0 N–H and O–H groups in total. The number of aromatic nitrogens is 1. The summed E-state index contributed by atoms with van der Waals surface area (Å²) < 4.78 is 3.38. The fourth-order valence-corrected chi connectivity index (χ4v) is 6.86. The lowest BCUT2D eigenvalue weighted by Crippen LogP contribution is -2.10. The number of para-hydroxylation sites is 2. The molecule has 0 aliphatic heterocycles. The van der Waals surface area contributed by atoms with Gasteiger partial charge in [0.1, 0.15) is 0 Å². The van der Waals surface area contributed by atoms with Crippen LogP contribution in [-0.2, 0) is 0 Å². The van der Waals surface area contributed by atoms with Gasteiger partial charge in [-0.2, -0.15) is 0 Å². The van der Waals surface area contributed by atoms with Crippen LogP contribution in [0.3, 0.4) is 0 Å². The summed E-state index contributed by atoms with van der Waals surface area (Å²) in [5, 5.41) is 2.51. The van der Waals surface area contributed by atoms with Gasteiger partial charge in [0.15, 0.2) is 0 Å². The third-order valence-electron chi connectivity index (χ3n) is 8.48. The summed E-state index contributed by atoms with van der Waals surface area (Å²) in [6.45, 7) is 0. The van der Waals surface area contributed by atoms with Crippen molar-refractivity contribution in [1.29, 1.82) is 0 Å². The summed E-state index contributed by atoms with van der Waals surface area (Å²) in [7, 11) is 0. The van der Waals surface area contributed by atoms with Crippen LogP contribution in [0.4, 0.5) is 17.1 Å². The van der Waals surface area contributed by atoms with Crippen LogP contribution in [0.1, 0.15) is 0 Å². The maximum absolute atomic E-state index is 3.99. The molecule has 0 aliphatic rings. The standard InChI is InChI=1S/C42H29BrN2/c43-39-29-36(27-28-42(39)45-40-17-9-7-15-37(40)38-16-8-10-18-41(38)45)44(34-23-19-32(20-24-34)30-11-3-1-4-12-30)35-25-21-33(22-26-35)31-13-5-2-6-14-31/h1-29H. The third-order valence-corrected chi connectivity index (χ3v) is 9.11. The highest BCUT2D eigenvalue weighted by Crippen LogP contribution is 2.41. The van der Waals surface area contributed by atoms with Crippen molar-refractivity contribution in [2.45, 2.75) is 0 Å². The number of halogens is 1. The van der Waals surface area contributed by atoms with E-state index >= 15 is 0 Å². The highest BCUT2D eigenvalue weighted by Gasteiger charge is 2.18. The zero-order valence-electron chi connectivity index (χ0n) is 24.5. The summed E-state index contributed by atoms with van der Waals surface area (Å²) in [6, 6.07) is 62.7. The fraction of sp³-hybridized carbons (Fsp3) is 0. The monoisotopic (exact) mass is 640 g/mol. The molecule has 2 nitrogen and oxygen atoms in total. The van der Waals surface area contributed by atoms with Crippen LogP contribution in [0.2, 0.25) is 0 Å². The largest absolute Gasteiger partial charge is 0.310 e. The average Bonchev–Trinajstić information content (AvgIpc) is 3.44. The van der Waals surface area contributed by atoms with Gasteiger partial charge in [0.05, 0.1) is 16.7 Å². The van der Waals surface area contributed by atoms with Crippen molar-refractivity contribution in [1.82, 2.24) is 4.57 Å². The van der Waals surface area contributed by atoms with Crippen molar-refractivity contribution in [3.63, 3.8) is 0 Å². The third kappa shape index (κ3) is 5.02. The molecule has 0 saturated heterocycles. The molecule has 0 atom stereocenters. The Kier molecular flexibility index (Phi) is 7.01. The topological polar surface area (TPSA) is 8.17 Å². The Bertz CT molecular complexity index is 2120. The van der Waals surface area contributed by atoms with Crippen molar-refractivity contribution in [3.8, 4) is 27.9 Å². The molecule has 0 unspecified atom stereocenters. The minimum atomic E-state index is 1.03. The van der Waals surface area contributed by atoms with Gasteiger partial charge in [-0.3, -0.25) is 0 Å². The highest BCUT2D eigenvalue weighted by molar-refractivity contribution is 9.10. The van der Waals surface area contributed by atoms with Crippen molar-refractivity contribution in [3.05, 3.63) is 180 Å². The Balaban J connectivity index is 1.24. The Hall–Kier alpha value is -5.38. The van der Waals surface area contributed by atoms with Gasteiger partial charge < -0.3 is 9.47 Å². The molecule has 0 bridgehead atoms. The fourth-order valence-electron chi connectivity index (χ4n) is 6.31. The number of hydrogen-bond acceptors (Lipinski definition) is 1. The zero-order valence-corrected chi connectivity index (χ0v) is 26.1. The molecular formula is C42H29BrN2. The molecule has 45 heavy (non-hydrogen) atoms. The Morgan fingerprint density at radius 1 is 0.378 bits per heavy atom. The Labute approximate surface area is 271 Å². The van der Waals surface area contributed by atoms with E-state index in [9.17, 15) is 0 Å². The molecule has 0 saturated carbocycles. The quantitative estimate of drug-likeness (QED) is 0.175. The molecule has 7 aromatic carbocycles. The number of hydrogen-bond donors (Lipinski definition) is 0. The van der Waals surface area contributed by atoms with Gasteiger partial charge in [-0.05, 0) is 92.8 Å². The molecule has 8 rings (SSSR count). The van der Waals surface area contributed by atoms with Gasteiger partial charge >= 0.3 is 0 Å². The lowest BCUT2D eigenvalue weighted by molar-refractivity contribution is 1.16. The SMILES string of the molecule is Brc1cc(N(c2ccc(-c3ccccc3)cc2)c2ccc(-c3ccccc3)cc2)ccc1-n1c2ccccc2c2ccccc21. The predicted molar refractivity (Wildman–Crippen MR) is 194 cm³/mol. The molecule has 214 valence electrons. The minimum absolute atomic E-state index is 1.03. The van der Waals surface area contributed by atoms with E-state index in [2.05, 4.69) is 201 Å². The van der Waals surface area contributed by atoms with E-state index in [0.29, 0.717) is 0 Å². The molecule has 0 aliphatic carbocycles. The van der Waals surface area contributed by atoms with Crippen LogP contribution in [0, 0.1) is 0 Å². The summed E-state index contributed by atoms with van der Waals surface area (Å²) in [5.74, 6) is 0. The van der Waals surface area contributed by atoms with Gasteiger partial charge in [0, 0.05) is 32.3 Å². The number of fused-ring (bicyclic) bond motifs is 3. The second kappa shape index (κ2) is 11.6. The summed E-state index contributed by atoms with van der Waals surface area (Å²) in [4.78, 5) is 2.32. The second-order valence-corrected chi connectivity index (χ2v) is 12.0. The minimum Gasteiger partial charge on any atom is -0.310 e. The first-order valence-electron chi connectivity index (χ1n) is 15.1. The highest BCUT2D eigenvalue weighted by atomic mass is 79.9. The van der Waals surface area contributed by atoms with Crippen LogP contribution in [0.5, 0.6) is 0 Å². The van der Waals surface area contributed by atoms with E-state index in [0.717, 1.165) is 27.2 Å². The predicted octanol–water partition coefficient (Wildman–Crippen LogP) is 12.3. The van der Waals surface area contributed by atoms with E-state index in [4.69, 9.17) is 0 Å². The molecule has 0 spiro atoms. The molecule has 1 aromatic heterocycles. The first-order chi connectivity index (χ1) is 22.2. The molecule has 8 aromatic rings. The van der Waals surface area contributed by atoms with Crippen molar-refractivity contribution in [2.24, 2.45) is 0 Å². The average molecular weight is 642 g/mol. The van der Waals surface area contributed by atoms with Gasteiger partial charge in [-0.15, -0.1) is 0 Å². The lowest BCUT2D eigenvalue weighted by Gasteiger charge is -2.27. The smallest absolute Gasteiger partial charge is 0.0605 e. The molecule has 0 fully saturated rings. The van der Waals surface area contributed by atoms with Gasteiger partial charge in [-0.25, -0.2) is 0 Å². The molecule has 1 heterocycles. The van der Waals surface area contributed by atoms with Crippen LogP contribution in [0.25, 0.3) is 49.7 Å². The van der Waals surface area contributed by atoms with E-state index in [1.165, 1.54) is 44.1 Å². The first-order valence-corrected chi connectivity index (χ1v) is 15.9. The van der Waals surface area contributed by atoms with Crippen molar-refractivity contribution in [2.75, 3.05) is 4.90 Å². The molecule has 0 radical (unpaired) electrons. The van der Waals surface area contributed by atoms with E-state index < -0.39 is 0 Å². The second-order valence-electron chi connectivity index (χ2n) is 11.2. The molecule has 3 heteroatoms. The number of benzene rings is 7. The van der Waals surface area contributed by atoms with E-state index in [1.807, 2.05) is 0 Å². The maximum Gasteiger partial charge on any atom is 0.0605 e. The van der Waals surface area contributed by atoms with Gasteiger partial charge in [0.25, 0.3) is 0 Å². The number of nitrogens with zero attached hydrogens (tertiary/aromatic N) is 2. The number of rotatable bonds is 6. The summed E-state index contributed by atoms with van der Waals surface area (Å²) in [6.07, 6.45) is 0. The normalized spacial score (nSPS) is 11.2. The lowest BCUT2D eigenvalue weighted by atomic mass is 10.0. The van der Waals surface area contributed by atoms with Crippen LogP contribution < -0.4 is 4.90 Å². The zero-order chi connectivity index (χ0) is 30.2. The van der Waals surface area contributed by atoms with Crippen LogP contribution in [-0.4, -0.2) is 4.57 Å². The first kappa shape index (κ1) is 27.2. The summed E-state index contributed by atoms with van der Waals surface area (Å²) in [5.41, 5.74) is 11.6. The molecule has 0 amide bonds. The van der Waals surface area contributed by atoms with E-state index in [-0.39, 0.29) is 0 Å². The molecular weight excluding hydrogens is 612 g/mol. The summed E-state index contributed by atoms with van der Waals surface area (Å²) >= 11 is 3.99.